The van der Waals surface area contributed by atoms with Gasteiger partial charge in [0.2, 0.25) is 5.91 Å². The molecule has 0 radical (unpaired) electrons. The number of nitrogens with zero attached hydrogens (tertiary/aromatic N) is 4. The molecule has 7 heteroatoms. The number of aromatic nitrogens is 1. The van der Waals surface area contributed by atoms with E-state index in [2.05, 4.69) is 16.0 Å². The molecule has 0 spiro atoms. The number of fused-ring (bicyclic) bond motifs is 1. The first-order valence-corrected chi connectivity index (χ1v) is 11.0. The van der Waals surface area contributed by atoms with E-state index >= 15 is 0 Å². The predicted molar refractivity (Wildman–Crippen MR) is 122 cm³/mol. The number of carbonyl (C=O) groups is 1. The van der Waals surface area contributed by atoms with Crippen LogP contribution in [0.5, 0.6) is 5.75 Å². The number of hydrogen-bond acceptors (Lipinski definition) is 5. The lowest BCUT2D eigenvalue weighted by atomic mass is 10.0. The summed E-state index contributed by atoms with van der Waals surface area (Å²) in [5, 5.41) is 9.05. The first-order valence-electron chi connectivity index (χ1n) is 11.0. The number of rotatable bonds is 4. The Morgan fingerprint density at radius 1 is 1.18 bits per heavy atom. The van der Waals surface area contributed by atoms with Crippen molar-refractivity contribution in [3.8, 4) is 22.9 Å². The van der Waals surface area contributed by atoms with E-state index in [-0.39, 0.29) is 17.6 Å². The molecular formula is C26H23FN4O2. The summed E-state index contributed by atoms with van der Waals surface area (Å²) in [5.41, 5.74) is 3.86. The summed E-state index contributed by atoms with van der Waals surface area (Å²) in [5.74, 6) is 0.349. The molecule has 5 rings (SSSR count). The van der Waals surface area contributed by atoms with Crippen molar-refractivity contribution in [3.63, 3.8) is 0 Å². The molecule has 0 N–H and O–H groups in total. The van der Waals surface area contributed by atoms with Gasteiger partial charge in [-0.3, -0.25) is 14.7 Å². The second-order valence-corrected chi connectivity index (χ2v) is 8.41. The van der Waals surface area contributed by atoms with Crippen molar-refractivity contribution in [1.29, 1.82) is 5.26 Å². The standard InChI is InChI=1S/C26H23FN4O2/c27-22-3-1-2-19(12-22)16-30-9-8-21(17-30)26(32)31-10-11-33-25-23(14-29-15-24(25)31)20-6-4-18(13-28)5-7-20/h1-7,12,14-15,21H,8-11,16-17H2/t21-/m1/s1. The lowest BCUT2D eigenvalue weighted by Crippen LogP contribution is -2.42. The Morgan fingerprint density at radius 2 is 2.03 bits per heavy atom. The summed E-state index contributed by atoms with van der Waals surface area (Å²) in [6.45, 7) is 2.96. The maximum atomic E-state index is 13.5. The van der Waals surface area contributed by atoms with Gasteiger partial charge in [-0.15, -0.1) is 0 Å². The van der Waals surface area contributed by atoms with E-state index in [0.717, 1.165) is 29.7 Å². The Morgan fingerprint density at radius 3 is 2.82 bits per heavy atom. The van der Waals surface area contributed by atoms with E-state index in [4.69, 9.17) is 10.00 Å². The third-order valence-corrected chi connectivity index (χ3v) is 6.24. The molecule has 1 aromatic heterocycles. The molecule has 3 aromatic rings. The van der Waals surface area contributed by atoms with Crippen LogP contribution in [0.1, 0.15) is 17.5 Å². The van der Waals surface area contributed by atoms with Gasteiger partial charge in [0.15, 0.2) is 5.75 Å². The average Bonchev–Trinajstić information content (AvgIpc) is 3.31. The van der Waals surface area contributed by atoms with E-state index < -0.39 is 0 Å². The first-order chi connectivity index (χ1) is 16.1. The Balaban J connectivity index is 1.34. The minimum atomic E-state index is -0.241. The normalized spacial score (nSPS) is 17.8. The van der Waals surface area contributed by atoms with Crippen molar-refractivity contribution < 1.29 is 13.9 Å². The smallest absolute Gasteiger partial charge is 0.231 e. The molecule has 33 heavy (non-hydrogen) atoms. The molecule has 166 valence electrons. The van der Waals surface area contributed by atoms with Crippen LogP contribution in [0.15, 0.2) is 60.9 Å². The van der Waals surface area contributed by atoms with Gasteiger partial charge < -0.3 is 9.64 Å². The number of pyridine rings is 1. The monoisotopic (exact) mass is 442 g/mol. The predicted octanol–water partition coefficient (Wildman–Crippen LogP) is 4.01. The summed E-state index contributed by atoms with van der Waals surface area (Å²) >= 11 is 0. The maximum Gasteiger partial charge on any atom is 0.231 e. The van der Waals surface area contributed by atoms with Gasteiger partial charge >= 0.3 is 0 Å². The number of anilines is 1. The van der Waals surface area contributed by atoms with Crippen molar-refractivity contribution in [3.05, 3.63) is 77.9 Å². The molecule has 2 aliphatic heterocycles. The maximum absolute atomic E-state index is 13.5. The Hall–Kier alpha value is -3.76. The van der Waals surface area contributed by atoms with Gasteiger partial charge in [0.1, 0.15) is 18.1 Å². The second-order valence-electron chi connectivity index (χ2n) is 8.41. The summed E-state index contributed by atoms with van der Waals surface area (Å²) in [4.78, 5) is 21.8. The fraction of sp³-hybridized carbons (Fsp3) is 0.269. The quantitative estimate of drug-likeness (QED) is 0.611. The first kappa shape index (κ1) is 21.1. The lowest BCUT2D eigenvalue weighted by Gasteiger charge is -2.32. The molecular weight excluding hydrogens is 419 g/mol. The van der Waals surface area contributed by atoms with Crippen molar-refractivity contribution in [1.82, 2.24) is 9.88 Å². The number of ether oxygens (including phenoxy) is 1. The van der Waals surface area contributed by atoms with Crippen molar-refractivity contribution >= 4 is 11.6 Å². The molecule has 0 bridgehead atoms. The largest absolute Gasteiger partial charge is 0.489 e. The molecule has 2 aromatic carbocycles. The number of benzene rings is 2. The molecule has 0 saturated carbocycles. The molecule has 0 unspecified atom stereocenters. The zero-order valence-electron chi connectivity index (χ0n) is 18.1. The van der Waals surface area contributed by atoms with Crippen LogP contribution >= 0.6 is 0 Å². The minimum absolute atomic E-state index is 0.0695. The zero-order chi connectivity index (χ0) is 22.8. The van der Waals surface area contributed by atoms with Gasteiger partial charge in [-0.05, 0) is 48.4 Å². The average molecular weight is 442 g/mol. The van der Waals surface area contributed by atoms with Crippen LogP contribution in [0.4, 0.5) is 10.1 Å². The number of hydrogen-bond donors (Lipinski definition) is 0. The molecule has 2 aliphatic rings. The second kappa shape index (κ2) is 9.00. The van der Waals surface area contributed by atoms with E-state index in [1.165, 1.54) is 6.07 Å². The van der Waals surface area contributed by atoms with Crippen LogP contribution in [0.3, 0.4) is 0 Å². The van der Waals surface area contributed by atoms with Crippen LogP contribution in [0, 0.1) is 23.1 Å². The minimum Gasteiger partial charge on any atom is -0.489 e. The molecule has 6 nitrogen and oxygen atoms in total. The van der Waals surface area contributed by atoms with E-state index in [1.54, 1.807) is 41.6 Å². The molecule has 1 amide bonds. The SMILES string of the molecule is N#Cc1ccc(-c2cncc3c2OCCN3C(=O)[C@@H]2CCN(Cc3cccc(F)c3)C2)cc1. The molecule has 1 fully saturated rings. The Bertz CT molecular complexity index is 1220. The van der Waals surface area contributed by atoms with Crippen molar-refractivity contribution in [2.45, 2.75) is 13.0 Å². The molecule has 3 heterocycles. The summed E-state index contributed by atoms with van der Waals surface area (Å²) in [7, 11) is 0. The van der Waals surface area contributed by atoms with Crippen LogP contribution in [-0.4, -0.2) is 42.0 Å². The number of halogens is 1. The van der Waals surface area contributed by atoms with Gasteiger partial charge in [0, 0.05) is 24.8 Å². The summed E-state index contributed by atoms with van der Waals surface area (Å²) in [6.07, 6.45) is 4.17. The van der Waals surface area contributed by atoms with Crippen molar-refractivity contribution in [2.75, 3.05) is 31.1 Å². The van der Waals surface area contributed by atoms with Gasteiger partial charge in [0.25, 0.3) is 0 Å². The van der Waals surface area contributed by atoms with Crippen LogP contribution in [0.2, 0.25) is 0 Å². The van der Waals surface area contributed by atoms with E-state index in [9.17, 15) is 9.18 Å². The van der Waals surface area contributed by atoms with Crippen LogP contribution in [0.25, 0.3) is 11.1 Å². The van der Waals surface area contributed by atoms with Gasteiger partial charge in [-0.1, -0.05) is 24.3 Å². The zero-order valence-corrected chi connectivity index (χ0v) is 18.1. The van der Waals surface area contributed by atoms with E-state index in [0.29, 0.717) is 43.2 Å². The Kier molecular flexibility index (Phi) is 5.76. The van der Waals surface area contributed by atoms with Gasteiger partial charge in [-0.25, -0.2) is 4.39 Å². The highest BCUT2D eigenvalue weighted by Gasteiger charge is 2.35. The van der Waals surface area contributed by atoms with E-state index in [1.807, 2.05) is 18.2 Å². The highest BCUT2D eigenvalue weighted by atomic mass is 19.1. The summed E-state index contributed by atoms with van der Waals surface area (Å²) in [6, 6.07) is 16.0. The highest BCUT2D eigenvalue weighted by Crippen LogP contribution is 2.40. The third kappa shape index (κ3) is 4.30. The number of nitriles is 1. The lowest BCUT2D eigenvalue weighted by molar-refractivity contribution is -0.122. The highest BCUT2D eigenvalue weighted by molar-refractivity contribution is 5.98. The third-order valence-electron chi connectivity index (χ3n) is 6.24. The summed E-state index contributed by atoms with van der Waals surface area (Å²) < 4.78 is 19.5. The number of amides is 1. The number of carbonyl (C=O) groups excluding carboxylic acids is 1. The van der Waals surface area contributed by atoms with Gasteiger partial charge in [0.05, 0.1) is 30.3 Å². The Labute approximate surface area is 191 Å². The fourth-order valence-corrected chi connectivity index (χ4v) is 4.59. The van der Waals surface area contributed by atoms with Crippen LogP contribution in [-0.2, 0) is 11.3 Å². The van der Waals surface area contributed by atoms with Crippen LogP contribution < -0.4 is 9.64 Å². The van der Waals surface area contributed by atoms with Gasteiger partial charge in [-0.2, -0.15) is 5.26 Å². The topological polar surface area (TPSA) is 69.5 Å². The molecule has 1 atom stereocenters. The molecule has 1 saturated heterocycles. The fourth-order valence-electron chi connectivity index (χ4n) is 4.59. The molecule has 0 aliphatic carbocycles. The number of likely N-dealkylation sites (tertiary alicyclic amines) is 1. The van der Waals surface area contributed by atoms with Crippen molar-refractivity contribution in [2.24, 2.45) is 5.92 Å².